The van der Waals surface area contributed by atoms with Gasteiger partial charge in [-0.1, -0.05) is 18.6 Å². The predicted molar refractivity (Wildman–Crippen MR) is 174 cm³/mol. The van der Waals surface area contributed by atoms with Crippen LogP contribution in [0, 0.1) is 6.92 Å². The van der Waals surface area contributed by atoms with Gasteiger partial charge in [0.2, 0.25) is 5.91 Å². The Balaban J connectivity index is 1.08. The number of aryl methyl sites for hydroxylation is 2. The third-order valence-electron chi connectivity index (χ3n) is 7.63. The second-order valence-corrected chi connectivity index (χ2v) is 11.0. The van der Waals surface area contributed by atoms with Crippen molar-refractivity contribution in [2.75, 3.05) is 31.5 Å². The van der Waals surface area contributed by atoms with Gasteiger partial charge in [0.25, 0.3) is 0 Å². The third-order valence-corrected chi connectivity index (χ3v) is 7.63. The van der Waals surface area contributed by atoms with Gasteiger partial charge in [-0.2, -0.15) is 0 Å². The maximum absolute atomic E-state index is 12.2. The highest BCUT2D eigenvalue weighted by Gasteiger charge is 2.10. The molecule has 2 aromatic carbocycles. The van der Waals surface area contributed by atoms with Crippen molar-refractivity contribution in [2.24, 2.45) is 7.05 Å². The number of hydrogen-bond acceptors (Lipinski definition) is 8. The van der Waals surface area contributed by atoms with Crippen LogP contribution in [-0.2, 0) is 11.8 Å². The smallest absolute Gasteiger partial charge is 0.243 e. The molecule has 0 unspecified atom stereocenters. The first-order valence-electron chi connectivity index (χ1n) is 14.9. The number of likely N-dealkylation sites (tertiary alicyclic amines) is 1. The molecule has 1 aliphatic heterocycles. The molecule has 1 amide bonds. The lowest BCUT2D eigenvalue weighted by molar-refractivity contribution is -0.116. The largest absolute Gasteiger partial charge is 0.457 e. The van der Waals surface area contributed by atoms with E-state index in [2.05, 4.69) is 30.5 Å². The Morgan fingerprint density at radius 3 is 2.73 bits per heavy atom. The molecule has 224 valence electrons. The summed E-state index contributed by atoms with van der Waals surface area (Å²) < 4.78 is 8.15. The van der Waals surface area contributed by atoms with Crippen LogP contribution in [-0.4, -0.2) is 61.5 Å². The van der Waals surface area contributed by atoms with Gasteiger partial charge in [-0.05, 0) is 87.0 Å². The van der Waals surface area contributed by atoms with Gasteiger partial charge in [-0.25, -0.2) is 19.9 Å². The molecular formula is C34H36N8O2. The first kappa shape index (κ1) is 29.0. The van der Waals surface area contributed by atoms with E-state index in [1.807, 2.05) is 85.3 Å². The standard InChI is InChI=1S/C34H36N8O2/c1-24-20-26(11-15-31(24)44-27-12-14-30-29(21-27)38-23-41(30)2)40-34-33-28(36-22-37-34)13-10-25(39-33)8-6-16-35-32(43)9-7-19-42-17-4-3-5-18-42/h6-15,20-23H,3-5,16-19H2,1-2H3,(H,35,43)(H,36,37,40)/b8-6+,9-7?. The summed E-state index contributed by atoms with van der Waals surface area (Å²) in [6, 6.07) is 15.6. The number of fused-ring (bicyclic) bond motifs is 2. The van der Waals surface area contributed by atoms with E-state index >= 15 is 0 Å². The van der Waals surface area contributed by atoms with Crippen molar-refractivity contribution in [1.29, 1.82) is 0 Å². The Morgan fingerprint density at radius 1 is 0.977 bits per heavy atom. The molecule has 10 heteroatoms. The van der Waals surface area contributed by atoms with E-state index in [-0.39, 0.29) is 5.91 Å². The van der Waals surface area contributed by atoms with Gasteiger partial charge in [-0.3, -0.25) is 9.69 Å². The molecule has 4 heterocycles. The average Bonchev–Trinajstić information content (AvgIpc) is 3.41. The molecule has 1 fully saturated rings. The summed E-state index contributed by atoms with van der Waals surface area (Å²) in [4.78, 5) is 32.6. The minimum Gasteiger partial charge on any atom is -0.457 e. The van der Waals surface area contributed by atoms with Crippen LogP contribution in [0.25, 0.3) is 28.1 Å². The quantitative estimate of drug-likeness (QED) is 0.193. The van der Waals surface area contributed by atoms with Crippen LogP contribution in [0.1, 0.15) is 30.5 Å². The normalized spacial score (nSPS) is 14.1. The van der Waals surface area contributed by atoms with Crippen molar-refractivity contribution >= 4 is 45.6 Å². The number of carbonyl (C=O) groups is 1. The summed E-state index contributed by atoms with van der Waals surface area (Å²) in [5.74, 6) is 1.99. The highest BCUT2D eigenvalue weighted by molar-refractivity contribution is 5.88. The second-order valence-electron chi connectivity index (χ2n) is 11.0. The Morgan fingerprint density at radius 2 is 1.86 bits per heavy atom. The van der Waals surface area contributed by atoms with Gasteiger partial charge in [0.15, 0.2) is 5.82 Å². The topological polar surface area (TPSA) is 110 Å². The van der Waals surface area contributed by atoms with Crippen LogP contribution in [0.3, 0.4) is 0 Å². The van der Waals surface area contributed by atoms with Crippen LogP contribution in [0.2, 0.25) is 0 Å². The number of aromatic nitrogens is 5. The number of piperidine rings is 1. The first-order valence-corrected chi connectivity index (χ1v) is 14.9. The van der Waals surface area contributed by atoms with E-state index in [0.717, 1.165) is 64.6 Å². The van der Waals surface area contributed by atoms with Gasteiger partial charge >= 0.3 is 0 Å². The van der Waals surface area contributed by atoms with Crippen molar-refractivity contribution in [3.63, 3.8) is 0 Å². The molecule has 0 radical (unpaired) electrons. The number of pyridine rings is 1. The number of anilines is 2. The Hall–Kier alpha value is -5.09. The predicted octanol–water partition coefficient (Wildman–Crippen LogP) is 5.93. The summed E-state index contributed by atoms with van der Waals surface area (Å²) in [6.45, 7) is 5.46. The molecule has 0 spiro atoms. The minimum absolute atomic E-state index is 0.0981. The van der Waals surface area contributed by atoms with E-state index in [1.165, 1.54) is 25.6 Å². The zero-order valence-electron chi connectivity index (χ0n) is 25.0. The zero-order chi connectivity index (χ0) is 30.3. The van der Waals surface area contributed by atoms with E-state index < -0.39 is 0 Å². The number of nitrogens with zero attached hydrogens (tertiary/aromatic N) is 6. The summed E-state index contributed by atoms with van der Waals surface area (Å²) in [7, 11) is 1.97. The summed E-state index contributed by atoms with van der Waals surface area (Å²) >= 11 is 0. The van der Waals surface area contributed by atoms with E-state index in [4.69, 9.17) is 9.72 Å². The van der Waals surface area contributed by atoms with Crippen molar-refractivity contribution < 1.29 is 9.53 Å². The monoisotopic (exact) mass is 588 g/mol. The molecule has 10 nitrogen and oxygen atoms in total. The number of benzene rings is 2. The Bertz CT molecular complexity index is 1840. The highest BCUT2D eigenvalue weighted by atomic mass is 16.5. The number of imidazole rings is 1. The lowest BCUT2D eigenvalue weighted by Gasteiger charge is -2.24. The molecule has 1 aliphatic rings. The molecule has 0 atom stereocenters. The molecule has 0 aliphatic carbocycles. The van der Waals surface area contributed by atoms with Crippen molar-refractivity contribution in [2.45, 2.75) is 26.2 Å². The first-order chi connectivity index (χ1) is 21.5. The molecular weight excluding hydrogens is 552 g/mol. The van der Waals surface area contributed by atoms with E-state index in [9.17, 15) is 4.79 Å². The van der Waals surface area contributed by atoms with Gasteiger partial charge < -0.3 is 19.9 Å². The Labute approximate surface area is 256 Å². The number of carbonyl (C=O) groups excluding carboxylic acids is 1. The van der Waals surface area contributed by atoms with Crippen LogP contribution < -0.4 is 15.4 Å². The van der Waals surface area contributed by atoms with Gasteiger partial charge in [0.1, 0.15) is 23.3 Å². The zero-order valence-corrected chi connectivity index (χ0v) is 25.0. The van der Waals surface area contributed by atoms with Crippen LogP contribution in [0.15, 0.2) is 79.4 Å². The average molecular weight is 589 g/mol. The molecule has 0 bridgehead atoms. The van der Waals surface area contributed by atoms with Crippen LogP contribution in [0.4, 0.5) is 11.5 Å². The number of hydrogen-bond donors (Lipinski definition) is 2. The highest BCUT2D eigenvalue weighted by Crippen LogP contribution is 2.30. The lowest BCUT2D eigenvalue weighted by atomic mass is 10.1. The molecule has 1 saturated heterocycles. The summed E-state index contributed by atoms with van der Waals surface area (Å²) in [6.07, 6.45) is 14.4. The van der Waals surface area contributed by atoms with Crippen molar-refractivity contribution in [1.82, 2.24) is 34.7 Å². The van der Waals surface area contributed by atoms with Crippen molar-refractivity contribution in [3.8, 4) is 11.5 Å². The summed E-state index contributed by atoms with van der Waals surface area (Å²) in [5.41, 5.74) is 5.89. The van der Waals surface area contributed by atoms with Crippen LogP contribution >= 0.6 is 0 Å². The van der Waals surface area contributed by atoms with E-state index in [1.54, 1.807) is 12.4 Å². The van der Waals surface area contributed by atoms with Gasteiger partial charge in [0.05, 0.1) is 28.6 Å². The number of ether oxygens (including phenoxy) is 1. The SMILES string of the molecule is Cc1cc(Nc2ncnc3ccc(/C=C/CNC(=O)C=CCN4CCCCC4)nc23)ccc1Oc1ccc2c(c1)ncn2C. The fraction of sp³-hybridized carbons (Fsp3) is 0.265. The molecule has 3 aromatic heterocycles. The number of amides is 1. The number of rotatable bonds is 10. The van der Waals surface area contributed by atoms with Gasteiger partial charge in [-0.15, -0.1) is 0 Å². The third kappa shape index (κ3) is 7.09. The lowest BCUT2D eigenvalue weighted by Crippen LogP contribution is -2.30. The molecule has 44 heavy (non-hydrogen) atoms. The Kier molecular flexibility index (Phi) is 8.88. The molecule has 0 saturated carbocycles. The molecule has 5 aromatic rings. The number of nitrogens with one attached hydrogen (secondary N) is 2. The fourth-order valence-corrected chi connectivity index (χ4v) is 5.27. The minimum atomic E-state index is -0.0981. The second kappa shape index (κ2) is 13.5. The van der Waals surface area contributed by atoms with E-state index in [0.29, 0.717) is 17.9 Å². The van der Waals surface area contributed by atoms with Gasteiger partial charge in [0, 0.05) is 38.0 Å². The van der Waals surface area contributed by atoms with Crippen molar-refractivity contribution in [3.05, 3.63) is 90.7 Å². The maximum atomic E-state index is 12.2. The fourth-order valence-electron chi connectivity index (χ4n) is 5.27. The molecule has 2 N–H and O–H groups in total. The van der Waals surface area contributed by atoms with Crippen LogP contribution in [0.5, 0.6) is 11.5 Å². The molecule has 6 rings (SSSR count). The maximum Gasteiger partial charge on any atom is 0.243 e. The summed E-state index contributed by atoms with van der Waals surface area (Å²) in [5, 5.41) is 6.28.